The fourth-order valence-electron chi connectivity index (χ4n) is 2.35. The maximum Gasteiger partial charge on any atom is 0.335 e. The number of nitrogens with zero attached hydrogens (tertiary/aromatic N) is 1. The molecular formula is C15H21NO3. The molecule has 0 atom stereocenters. The molecule has 1 N–H and O–H groups in total. The third-order valence-corrected chi connectivity index (χ3v) is 3.44. The van der Waals surface area contributed by atoms with Gasteiger partial charge in [-0.05, 0) is 56.6 Å². The molecule has 2 rings (SSSR count). The van der Waals surface area contributed by atoms with Crippen LogP contribution in [-0.4, -0.2) is 42.2 Å². The first-order valence-electron chi connectivity index (χ1n) is 6.94. The number of ether oxygens (including phenoxy) is 1. The van der Waals surface area contributed by atoms with E-state index >= 15 is 0 Å². The highest BCUT2D eigenvalue weighted by Crippen LogP contribution is 2.13. The van der Waals surface area contributed by atoms with Crippen LogP contribution < -0.4 is 4.74 Å². The van der Waals surface area contributed by atoms with Gasteiger partial charge in [0.1, 0.15) is 5.75 Å². The molecule has 104 valence electrons. The Bertz CT molecular complexity index is 396. The number of hydrogen-bond acceptors (Lipinski definition) is 3. The third kappa shape index (κ3) is 4.56. The van der Waals surface area contributed by atoms with E-state index in [1.54, 1.807) is 24.3 Å². The van der Waals surface area contributed by atoms with Gasteiger partial charge in [0.2, 0.25) is 0 Å². The summed E-state index contributed by atoms with van der Waals surface area (Å²) in [6.07, 6.45) is 5.01. The molecule has 1 aliphatic rings. The second kappa shape index (κ2) is 7.14. The van der Waals surface area contributed by atoms with Gasteiger partial charge < -0.3 is 14.7 Å². The molecule has 4 nitrogen and oxygen atoms in total. The molecule has 0 aromatic heterocycles. The van der Waals surface area contributed by atoms with E-state index in [1.807, 2.05) is 0 Å². The SMILES string of the molecule is O=C(O)c1ccc(OCCCN2CCCCC2)cc1. The lowest BCUT2D eigenvalue weighted by Gasteiger charge is -2.26. The first-order valence-corrected chi connectivity index (χ1v) is 6.94. The largest absolute Gasteiger partial charge is 0.494 e. The summed E-state index contributed by atoms with van der Waals surface area (Å²) >= 11 is 0. The zero-order valence-corrected chi connectivity index (χ0v) is 11.2. The van der Waals surface area contributed by atoms with Gasteiger partial charge in [-0.25, -0.2) is 4.79 Å². The fourth-order valence-corrected chi connectivity index (χ4v) is 2.35. The smallest absolute Gasteiger partial charge is 0.335 e. The Hall–Kier alpha value is -1.55. The minimum Gasteiger partial charge on any atom is -0.494 e. The fraction of sp³-hybridized carbons (Fsp3) is 0.533. The molecule has 0 unspecified atom stereocenters. The van der Waals surface area contributed by atoms with E-state index in [9.17, 15) is 4.79 Å². The third-order valence-electron chi connectivity index (χ3n) is 3.44. The van der Waals surface area contributed by atoms with Gasteiger partial charge in [0.25, 0.3) is 0 Å². The van der Waals surface area contributed by atoms with Gasteiger partial charge in [-0.3, -0.25) is 0 Å². The number of carbonyl (C=O) groups is 1. The molecular weight excluding hydrogens is 242 g/mol. The Balaban J connectivity index is 1.66. The highest BCUT2D eigenvalue weighted by molar-refractivity contribution is 5.87. The van der Waals surface area contributed by atoms with Crippen LogP contribution in [0.1, 0.15) is 36.0 Å². The molecule has 0 saturated carbocycles. The van der Waals surface area contributed by atoms with Crippen LogP contribution in [0.3, 0.4) is 0 Å². The molecule has 0 bridgehead atoms. The summed E-state index contributed by atoms with van der Waals surface area (Å²) in [6.45, 7) is 4.21. The standard InChI is InChI=1S/C15H21NO3/c17-15(18)13-5-7-14(8-6-13)19-12-4-11-16-9-2-1-3-10-16/h5-8H,1-4,9-12H2,(H,17,18). The molecule has 1 aromatic rings. The van der Waals surface area contributed by atoms with Gasteiger partial charge in [-0.1, -0.05) is 6.42 Å². The average Bonchev–Trinajstić information content (AvgIpc) is 2.45. The first-order chi connectivity index (χ1) is 9.25. The van der Waals surface area contributed by atoms with Crippen LogP contribution in [0.25, 0.3) is 0 Å². The topological polar surface area (TPSA) is 49.8 Å². The highest BCUT2D eigenvalue weighted by atomic mass is 16.5. The number of carboxylic acids is 1. The molecule has 19 heavy (non-hydrogen) atoms. The monoisotopic (exact) mass is 263 g/mol. The van der Waals surface area contributed by atoms with Gasteiger partial charge in [-0.15, -0.1) is 0 Å². The summed E-state index contributed by atoms with van der Waals surface area (Å²) in [7, 11) is 0. The van der Waals surface area contributed by atoms with E-state index < -0.39 is 5.97 Å². The zero-order valence-electron chi connectivity index (χ0n) is 11.2. The second-order valence-electron chi connectivity index (χ2n) is 4.93. The number of benzene rings is 1. The average molecular weight is 263 g/mol. The number of piperidine rings is 1. The van der Waals surface area contributed by atoms with Crippen LogP contribution in [-0.2, 0) is 0 Å². The van der Waals surface area contributed by atoms with Crippen LogP contribution in [0.5, 0.6) is 5.75 Å². The van der Waals surface area contributed by atoms with Crippen LogP contribution in [0, 0.1) is 0 Å². The molecule has 1 aromatic carbocycles. The molecule has 1 heterocycles. The lowest BCUT2D eigenvalue weighted by Crippen LogP contribution is -2.31. The number of hydrogen-bond donors (Lipinski definition) is 1. The van der Waals surface area contributed by atoms with Gasteiger partial charge >= 0.3 is 5.97 Å². The van der Waals surface area contributed by atoms with Crippen LogP contribution in [0.2, 0.25) is 0 Å². The molecule has 1 fully saturated rings. The molecule has 4 heteroatoms. The molecule has 1 saturated heterocycles. The number of rotatable bonds is 6. The maximum absolute atomic E-state index is 10.7. The summed E-state index contributed by atoms with van der Waals surface area (Å²) in [5.74, 6) is -0.166. The molecule has 0 aliphatic carbocycles. The number of likely N-dealkylation sites (tertiary alicyclic amines) is 1. The molecule has 0 radical (unpaired) electrons. The van der Waals surface area contributed by atoms with Gasteiger partial charge in [0.05, 0.1) is 12.2 Å². The van der Waals surface area contributed by atoms with Gasteiger partial charge in [0, 0.05) is 6.54 Å². The van der Waals surface area contributed by atoms with Crippen LogP contribution in [0.15, 0.2) is 24.3 Å². The lowest BCUT2D eigenvalue weighted by molar-refractivity contribution is 0.0697. The first kappa shape index (κ1) is 13.9. The Morgan fingerprint density at radius 2 is 1.84 bits per heavy atom. The van der Waals surface area contributed by atoms with Crippen molar-refractivity contribution in [2.45, 2.75) is 25.7 Å². The Kier molecular flexibility index (Phi) is 5.21. The molecule has 0 spiro atoms. The van der Waals surface area contributed by atoms with E-state index in [-0.39, 0.29) is 0 Å². The summed E-state index contributed by atoms with van der Waals surface area (Å²) in [5, 5.41) is 8.79. The van der Waals surface area contributed by atoms with Crippen molar-refractivity contribution in [3.05, 3.63) is 29.8 Å². The number of carboxylic acid groups (broad SMARTS) is 1. The Morgan fingerprint density at radius 3 is 2.47 bits per heavy atom. The summed E-state index contributed by atoms with van der Waals surface area (Å²) in [6, 6.07) is 6.57. The summed E-state index contributed by atoms with van der Waals surface area (Å²) in [5.41, 5.74) is 0.292. The lowest BCUT2D eigenvalue weighted by atomic mass is 10.1. The van der Waals surface area contributed by atoms with E-state index in [1.165, 1.54) is 32.4 Å². The van der Waals surface area contributed by atoms with Crippen molar-refractivity contribution in [1.82, 2.24) is 4.90 Å². The second-order valence-corrected chi connectivity index (χ2v) is 4.93. The summed E-state index contributed by atoms with van der Waals surface area (Å²) < 4.78 is 5.61. The van der Waals surface area contributed by atoms with Crippen molar-refractivity contribution >= 4 is 5.97 Å². The van der Waals surface area contributed by atoms with Crippen LogP contribution >= 0.6 is 0 Å². The number of aromatic carboxylic acids is 1. The van der Waals surface area contributed by atoms with Crippen molar-refractivity contribution in [2.75, 3.05) is 26.2 Å². The van der Waals surface area contributed by atoms with Crippen molar-refractivity contribution < 1.29 is 14.6 Å². The van der Waals surface area contributed by atoms with Crippen molar-refractivity contribution in [2.24, 2.45) is 0 Å². The van der Waals surface area contributed by atoms with Gasteiger partial charge in [0.15, 0.2) is 0 Å². The summed E-state index contributed by atoms with van der Waals surface area (Å²) in [4.78, 5) is 13.2. The molecule has 1 aliphatic heterocycles. The Morgan fingerprint density at radius 1 is 1.16 bits per heavy atom. The van der Waals surface area contributed by atoms with E-state index in [0.29, 0.717) is 12.2 Å². The van der Waals surface area contributed by atoms with E-state index in [0.717, 1.165) is 18.7 Å². The minimum atomic E-state index is -0.906. The molecule has 0 amide bonds. The predicted octanol–water partition coefficient (Wildman–Crippen LogP) is 2.64. The van der Waals surface area contributed by atoms with E-state index in [2.05, 4.69) is 4.90 Å². The highest BCUT2D eigenvalue weighted by Gasteiger charge is 2.09. The quantitative estimate of drug-likeness (QED) is 0.802. The van der Waals surface area contributed by atoms with Crippen molar-refractivity contribution in [3.8, 4) is 5.75 Å². The Labute approximate surface area is 114 Å². The van der Waals surface area contributed by atoms with E-state index in [4.69, 9.17) is 9.84 Å². The maximum atomic E-state index is 10.7. The predicted molar refractivity (Wildman–Crippen MR) is 73.8 cm³/mol. The van der Waals surface area contributed by atoms with Crippen molar-refractivity contribution in [3.63, 3.8) is 0 Å². The van der Waals surface area contributed by atoms with Crippen molar-refractivity contribution in [1.29, 1.82) is 0 Å². The minimum absolute atomic E-state index is 0.292. The van der Waals surface area contributed by atoms with Crippen LogP contribution in [0.4, 0.5) is 0 Å². The van der Waals surface area contributed by atoms with Gasteiger partial charge in [-0.2, -0.15) is 0 Å². The zero-order chi connectivity index (χ0) is 13.5. The normalized spacial score (nSPS) is 16.2.